The molecule has 0 aliphatic carbocycles. The highest BCUT2D eigenvalue weighted by Gasteiger charge is 2.01. The second-order valence-corrected chi connectivity index (χ2v) is 5.34. The second kappa shape index (κ2) is 8.02. The number of ether oxygens (including phenoxy) is 1. The third kappa shape index (κ3) is 4.94. The van der Waals surface area contributed by atoms with Gasteiger partial charge in [0.05, 0.1) is 6.61 Å². The van der Waals surface area contributed by atoms with Gasteiger partial charge in [-0.3, -0.25) is 0 Å². The third-order valence-corrected chi connectivity index (χ3v) is 3.33. The standard InChI is InChI=1S/C16H17BrFNO/c17-14-8-7-13(16(18)11-14)12-19-9-4-10-20-15-5-2-1-3-6-15/h1-3,5-8,11,19H,4,9-10,12H2. The van der Waals surface area contributed by atoms with Gasteiger partial charge in [-0.05, 0) is 37.2 Å². The van der Waals surface area contributed by atoms with Crippen LogP contribution in [-0.4, -0.2) is 13.2 Å². The Morgan fingerprint density at radius 2 is 1.90 bits per heavy atom. The number of benzene rings is 2. The zero-order valence-electron chi connectivity index (χ0n) is 11.1. The van der Waals surface area contributed by atoms with Crippen LogP contribution in [0.4, 0.5) is 4.39 Å². The first-order valence-corrected chi connectivity index (χ1v) is 7.37. The van der Waals surface area contributed by atoms with Crippen molar-refractivity contribution in [1.82, 2.24) is 5.32 Å². The number of para-hydroxylation sites is 1. The lowest BCUT2D eigenvalue weighted by Crippen LogP contribution is -2.17. The van der Waals surface area contributed by atoms with E-state index in [-0.39, 0.29) is 5.82 Å². The van der Waals surface area contributed by atoms with Crippen LogP contribution in [0.5, 0.6) is 5.75 Å². The SMILES string of the molecule is Fc1cc(Br)ccc1CNCCCOc1ccccc1. The topological polar surface area (TPSA) is 21.3 Å². The van der Waals surface area contributed by atoms with E-state index in [0.717, 1.165) is 23.2 Å². The molecule has 20 heavy (non-hydrogen) atoms. The molecule has 0 amide bonds. The molecule has 4 heteroatoms. The van der Waals surface area contributed by atoms with Gasteiger partial charge in [0, 0.05) is 16.6 Å². The lowest BCUT2D eigenvalue weighted by molar-refractivity contribution is 0.308. The van der Waals surface area contributed by atoms with Crippen molar-refractivity contribution in [2.24, 2.45) is 0 Å². The molecule has 0 atom stereocenters. The second-order valence-electron chi connectivity index (χ2n) is 4.43. The first-order chi connectivity index (χ1) is 9.75. The van der Waals surface area contributed by atoms with Crippen molar-refractivity contribution in [3.63, 3.8) is 0 Å². The molecule has 0 aliphatic rings. The number of halogens is 2. The fraction of sp³-hybridized carbons (Fsp3) is 0.250. The lowest BCUT2D eigenvalue weighted by Gasteiger charge is -2.08. The van der Waals surface area contributed by atoms with E-state index in [0.29, 0.717) is 18.7 Å². The minimum atomic E-state index is -0.188. The van der Waals surface area contributed by atoms with Crippen LogP contribution in [0.2, 0.25) is 0 Å². The van der Waals surface area contributed by atoms with Crippen LogP contribution in [0.3, 0.4) is 0 Å². The predicted molar refractivity (Wildman–Crippen MR) is 82.4 cm³/mol. The molecular formula is C16H17BrFNO. The van der Waals surface area contributed by atoms with Crippen LogP contribution >= 0.6 is 15.9 Å². The highest BCUT2D eigenvalue weighted by Crippen LogP contribution is 2.15. The fourth-order valence-corrected chi connectivity index (χ4v) is 2.13. The van der Waals surface area contributed by atoms with Crippen molar-refractivity contribution in [2.45, 2.75) is 13.0 Å². The van der Waals surface area contributed by atoms with Gasteiger partial charge in [0.15, 0.2) is 0 Å². The summed E-state index contributed by atoms with van der Waals surface area (Å²) in [5, 5.41) is 3.21. The van der Waals surface area contributed by atoms with Gasteiger partial charge < -0.3 is 10.1 Å². The summed E-state index contributed by atoms with van der Waals surface area (Å²) in [6, 6.07) is 14.8. The van der Waals surface area contributed by atoms with E-state index in [1.165, 1.54) is 6.07 Å². The Balaban J connectivity index is 1.62. The number of hydrogen-bond acceptors (Lipinski definition) is 2. The molecule has 1 N–H and O–H groups in total. The maximum Gasteiger partial charge on any atom is 0.128 e. The Morgan fingerprint density at radius 3 is 2.65 bits per heavy atom. The van der Waals surface area contributed by atoms with Crippen molar-refractivity contribution < 1.29 is 9.13 Å². The van der Waals surface area contributed by atoms with Gasteiger partial charge in [0.1, 0.15) is 11.6 Å². The van der Waals surface area contributed by atoms with Crippen LogP contribution in [0.15, 0.2) is 53.0 Å². The van der Waals surface area contributed by atoms with E-state index in [1.54, 1.807) is 6.07 Å². The summed E-state index contributed by atoms with van der Waals surface area (Å²) < 4.78 is 19.9. The van der Waals surface area contributed by atoms with Gasteiger partial charge >= 0.3 is 0 Å². The van der Waals surface area contributed by atoms with E-state index >= 15 is 0 Å². The molecule has 2 aromatic rings. The Bertz CT molecular complexity index is 533. The molecule has 0 aromatic heterocycles. The molecule has 2 aromatic carbocycles. The lowest BCUT2D eigenvalue weighted by atomic mass is 10.2. The summed E-state index contributed by atoms with van der Waals surface area (Å²) in [5.41, 5.74) is 0.678. The Labute approximate surface area is 127 Å². The summed E-state index contributed by atoms with van der Waals surface area (Å²) in [6.45, 7) is 1.98. The van der Waals surface area contributed by atoms with E-state index in [4.69, 9.17) is 4.74 Å². The van der Waals surface area contributed by atoms with Crippen LogP contribution in [-0.2, 0) is 6.54 Å². The van der Waals surface area contributed by atoms with Crippen molar-refractivity contribution >= 4 is 15.9 Å². The largest absolute Gasteiger partial charge is 0.494 e. The molecule has 0 saturated carbocycles. The van der Waals surface area contributed by atoms with E-state index in [2.05, 4.69) is 21.2 Å². The normalized spacial score (nSPS) is 10.5. The molecule has 106 valence electrons. The van der Waals surface area contributed by atoms with E-state index < -0.39 is 0 Å². The molecule has 2 rings (SSSR count). The fourth-order valence-electron chi connectivity index (χ4n) is 1.79. The Kier molecular flexibility index (Phi) is 6.02. The number of nitrogens with one attached hydrogen (secondary N) is 1. The highest BCUT2D eigenvalue weighted by molar-refractivity contribution is 9.10. The van der Waals surface area contributed by atoms with Crippen molar-refractivity contribution in [3.8, 4) is 5.75 Å². The molecule has 0 spiro atoms. The van der Waals surface area contributed by atoms with Crippen LogP contribution in [0.25, 0.3) is 0 Å². The Hall–Kier alpha value is -1.39. The third-order valence-electron chi connectivity index (χ3n) is 2.84. The molecule has 0 fully saturated rings. The molecule has 0 bridgehead atoms. The quantitative estimate of drug-likeness (QED) is 0.766. The van der Waals surface area contributed by atoms with Crippen LogP contribution in [0, 0.1) is 5.82 Å². The van der Waals surface area contributed by atoms with Gasteiger partial charge in [-0.2, -0.15) is 0 Å². The number of hydrogen-bond donors (Lipinski definition) is 1. The summed E-state index contributed by atoms with van der Waals surface area (Å²) in [6.07, 6.45) is 0.882. The van der Waals surface area contributed by atoms with Gasteiger partial charge in [-0.25, -0.2) is 4.39 Å². The van der Waals surface area contributed by atoms with Crippen molar-refractivity contribution in [3.05, 3.63) is 64.4 Å². The van der Waals surface area contributed by atoms with Crippen molar-refractivity contribution in [1.29, 1.82) is 0 Å². The van der Waals surface area contributed by atoms with Gasteiger partial charge in [-0.1, -0.05) is 40.2 Å². The minimum Gasteiger partial charge on any atom is -0.494 e. The van der Waals surface area contributed by atoms with E-state index in [1.807, 2.05) is 36.4 Å². The smallest absolute Gasteiger partial charge is 0.128 e. The zero-order valence-corrected chi connectivity index (χ0v) is 12.7. The maximum absolute atomic E-state index is 13.6. The zero-order chi connectivity index (χ0) is 14.2. The number of rotatable bonds is 7. The summed E-state index contributed by atoms with van der Waals surface area (Å²) in [4.78, 5) is 0. The predicted octanol–water partition coefficient (Wildman–Crippen LogP) is 4.15. The molecular weight excluding hydrogens is 321 g/mol. The molecule has 0 unspecified atom stereocenters. The summed E-state index contributed by atoms with van der Waals surface area (Å²) >= 11 is 3.24. The van der Waals surface area contributed by atoms with Crippen LogP contribution < -0.4 is 10.1 Å². The molecule has 0 heterocycles. The maximum atomic E-state index is 13.6. The summed E-state index contributed by atoms with van der Waals surface area (Å²) in [7, 11) is 0. The van der Waals surface area contributed by atoms with Gasteiger partial charge in [0.25, 0.3) is 0 Å². The molecule has 0 aliphatic heterocycles. The molecule has 0 saturated heterocycles. The van der Waals surface area contributed by atoms with Crippen LogP contribution in [0.1, 0.15) is 12.0 Å². The highest BCUT2D eigenvalue weighted by atomic mass is 79.9. The van der Waals surface area contributed by atoms with Gasteiger partial charge in [-0.15, -0.1) is 0 Å². The first-order valence-electron chi connectivity index (χ1n) is 6.58. The Morgan fingerprint density at radius 1 is 1.10 bits per heavy atom. The first kappa shape index (κ1) is 15.0. The van der Waals surface area contributed by atoms with Crippen molar-refractivity contribution in [2.75, 3.05) is 13.2 Å². The molecule has 2 nitrogen and oxygen atoms in total. The molecule has 0 radical (unpaired) electrons. The van der Waals surface area contributed by atoms with E-state index in [9.17, 15) is 4.39 Å². The average Bonchev–Trinajstić information content (AvgIpc) is 2.46. The monoisotopic (exact) mass is 337 g/mol. The average molecular weight is 338 g/mol. The van der Waals surface area contributed by atoms with Gasteiger partial charge in [0.2, 0.25) is 0 Å². The summed E-state index contributed by atoms with van der Waals surface area (Å²) in [5.74, 6) is 0.693. The minimum absolute atomic E-state index is 0.188.